The molecular weight excluding hydrogens is 198 g/mol. The Bertz CT molecular complexity index is 210. The van der Waals surface area contributed by atoms with Gasteiger partial charge in [0, 0.05) is 6.42 Å². The zero-order valence-corrected chi connectivity index (χ0v) is 7.08. The molecule has 0 radical (unpaired) electrons. The van der Waals surface area contributed by atoms with Crippen LogP contribution < -0.4 is 5.73 Å². The third kappa shape index (κ3) is 16.6. The van der Waals surface area contributed by atoms with Gasteiger partial charge in [-0.25, -0.2) is 4.79 Å². The van der Waals surface area contributed by atoms with E-state index in [0.29, 0.717) is 0 Å². The van der Waals surface area contributed by atoms with E-state index in [4.69, 9.17) is 31.0 Å². The zero-order valence-electron chi connectivity index (χ0n) is 7.08. The van der Waals surface area contributed by atoms with Crippen molar-refractivity contribution in [1.29, 1.82) is 0 Å². The number of carbonyl (C=O) groups is 3. The third-order valence-corrected chi connectivity index (χ3v) is 0.986. The molecule has 0 unspecified atom stereocenters. The lowest BCUT2D eigenvalue weighted by molar-refractivity contribution is -0.139. The molecule has 0 rings (SSSR count). The molecule has 14 heavy (non-hydrogen) atoms. The van der Waals surface area contributed by atoms with E-state index in [2.05, 4.69) is 0 Å². The molecule has 0 bridgehead atoms. The van der Waals surface area contributed by atoms with Crippen molar-refractivity contribution in [3.8, 4) is 0 Å². The number of hydrogen-bond donors (Lipinski definition) is 5. The fraction of sp³-hybridized carbons (Fsp3) is 0.500. The average Bonchev–Trinajstić information content (AvgIpc) is 1.98. The summed E-state index contributed by atoms with van der Waals surface area (Å²) in [6.07, 6.45) is -2.06. The summed E-state index contributed by atoms with van der Waals surface area (Å²) in [6, 6.07) is -1.06. The second kappa shape index (κ2) is 7.80. The van der Waals surface area contributed by atoms with E-state index < -0.39 is 24.1 Å². The average molecular weight is 209 g/mol. The molecule has 82 valence electrons. The molecule has 0 saturated heterocycles. The van der Waals surface area contributed by atoms with Gasteiger partial charge < -0.3 is 26.2 Å². The van der Waals surface area contributed by atoms with E-state index in [9.17, 15) is 9.59 Å². The first-order valence-corrected chi connectivity index (χ1v) is 3.39. The monoisotopic (exact) mass is 209 g/mol. The summed E-state index contributed by atoms with van der Waals surface area (Å²) >= 11 is 0. The fourth-order valence-corrected chi connectivity index (χ4v) is 0.402. The molecular formula is C6H11NO7. The van der Waals surface area contributed by atoms with Gasteiger partial charge in [0.05, 0.1) is 0 Å². The Morgan fingerprint density at radius 2 is 1.43 bits per heavy atom. The number of carboxylic acid groups (broad SMARTS) is 4. The fourth-order valence-electron chi connectivity index (χ4n) is 0.402. The molecule has 8 heteroatoms. The van der Waals surface area contributed by atoms with E-state index in [1.54, 1.807) is 0 Å². The Labute approximate surface area is 78.6 Å². The predicted molar refractivity (Wildman–Crippen MR) is 43.1 cm³/mol. The standard InChI is InChI=1S/C5H9NO4.CH2O3/c6-3(5(9)10)1-2-4(7)8;2-1(3)4/h3H,1-2,6H2,(H,7,8)(H,9,10);(H2,2,3,4)/t3-;/m0./s1. The molecule has 0 heterocycles. The van der Waals surface area contributed by atoms with E-state index in [-0.39, 0.29) is 12.8 Å². The summed E-state index contributed by atoms with van der Waals surface area (Å²) in [4.78, 5) is 28.4. The van der Waals surface area contributed by atoms with Crippen LogP contribution in [-0.4, -0.2) is 44.6 Å². The Hall–Kier alpha value is -1.83. The quantitative estimate of drug-likeness (QED) is 0.413. The number of nitrogens with two attached hydrogens (primary N) is 1. The van der Waals surface area contributed by atoms with Crippen molar-refractivity contribution in [2.45, 2.75) is 18.9 Å². The van der Waals surface area contributed by atoms with E-state index in [0.717, 1.165) is 0 Å². The number of hydrogen-bond acceptors (Lipinski definition) is 4. The van der Waals surface area contributed by atoms with Crippen LogP contribution in [0.4, 0.5) is 4.79 Å². The first-order valence-electron chi connectivity index (χ1n) is 3.39. The van der Waals surface area contributed by atoms with Crippen LogP contribution in [0.3, 0.4) is 0 Å². The van der Waals surface area contributed by atoms with Crippen molar-refractivity contribution in [3.05, 3.63) is 0 Å². The minimum atomic E-state index is -1.83. The van der Waals surface area contributed by atoms with Gasteiger partial charge >= 0.3 is 18.1 Å². The zero-order chi connectivity index (χ0) is 11.7. The molecule has 0 aromatic rings. The maximum Gasteiger partial charge on any atom is 0.503 e. The molecule has 0 amide bonds. The summed E-state index contributed by atoms with van der Waals surface area (Å²) < 4.78 is 0. The highest BCUT2D eigenvalue weighted by Crippen LogP contribution is 1.93. The minimum absolute atomic E-state index is 0.0231. The Morgan fingerprint density at radius 1 is 1.07 bits per heavy atom. The summed E-state index contributed by atoms with van der Waals surface area (Å²) in [5.74, 6) is -2.20. The highest BCUT2D eigenvalue weighted by atomic mass is 16.6. The van der Waals surface area contributed by atoms with Gasteiger partial charge in [0.2, 0.25) is 0 Å². The Kier molecular flexibility index (Phi) is 8.18. The first kappa shape index (κ1) is 14.7. The Morgan fingerprint density at radius 3 is 1.64 bits per heavy atom. The Balaban J connectivity index is 0. The van der Waals surface area contributed by atoms with Crippen LogP contribution in [0.1, 0.15) is 12.8 Å². The lowest BCUT2D eigenvalue weighted by Gasteiger charge is -2.01. The van der Waals surface area contributed by atoms with Crippen molar-refractivity contribution in [3.63, 3.8) is 0 Å². The third-order valence-electron chi connectivity index (χ3n) is 0.986. The maximum atomic E-state index is 9.99. The van der Waals surface area contributed by atoms with E-state index in [1.165, 1.54) is 0 Å². The van der Waals surface area contributed by atoms with Crippen molar-refractivity contribution in [1.82, 2.24) is 0 Å². The van der Waals surface area contributed by atoms with Crippen LogP contribution in [0.5, 0.6) is 0 Å². The van der Waals surface area contributed by atoms with Crippen LogP contribution >= 0.6 is 0 Å². The van der Waals surface area contributed by atoms with Crippen LogP contribution in [0, 0.1) is 0 Å². The lowest BCUT2D eigenvalue weighted by Crippen LogP contribution is -2.30. The summed E-state index contributed by atoms with van der Waals surface area (Å²) in [5.41, 5.74) is 5.00. The molecule has 0 saturated carbocycles. The van der Waals surface area contributed by atoms with Crippen molar-refractivity contribution >= 4 is 18.1 Å². The molecule has 0 aromatic carbocycles. The van der Waals surface area contributed by atoms with Crippen LogP contribution in [0.15, 0.2) is 0 Å². The summed E-state index contributed by atoms with van der Waals surface area (Å²) in [5, 5.41) is 30.2. The first-order chi connectivity index (χ1) is 6.27. The summed E-state index contributed by atoms with van der Waals surface area (Å²) in [7, 11) is 0. The van der Waals surface area contributed by atoms with Gasteiger partial charge in [0.15, 0.2) is 0 Å². The molecule has 8 nitrogen and oxygen atoms in total. The van der Waals surface area contributed by atoms with Gasteiger partial charge in [-0.15, -0.1) is 0 Å². The SMILES string of the molecule is N[C@@H](CCC(=O)O)C(=O)O.O=C(O)O. The largest absolute Gasteiger partial charge is 0.503 e. The van der Waals surface area contributed by atoms with Gasteiger partial charge in [0.1, 0.15) is 6.04 Å². The molecule has 0 fully saturated rings. The minimum Gasteiger partial charge on any atom is -0.481 e. The van der Waals surface area contributed by atoms with Crippen molar-refractivity contribution in [2.75, 3.05) is 0 Å². The maximum absolute atomic E-state index is 9.99. The second-order valence-corrected chi connectivity index (χ2v) is 2.16. The van der Waals surface area contributed by atoms with E-state index >= 15 is 0 Å². The highest BCUT2D eigenvalue weighted by molar-refractivity contribution is 5.74. The van der Waals surface area contributed by atoms with Crippen LogP contribution in [-0.2, 0) is 9.59 Å². The lowest BCUT2D eigenvalue weighted by atomic mass is 10.2. The van der Waals surface area contributed by atoms with E-state index in [1.807, 2.05) is 0 Å². The predicted octanol–water partition coefficient (Wildman–Crippen LogP) is -0.514. The van der Waals surface area contributed by atoms with Gasteiger partial charge in [-0.05, 0) is 6.42 Å². The van der Waals surface area contributed by atoms with Gasteiger partial charge in [-0.2, -0.15) is 0 Å². The van der Waals surface area contributed by atoms with Crippen molar-refractivity contribution in [2.24, 2.45) is 5.73 Å². The molecule has 1 atom stereocenters. The number of carboxylic acids is 2. The number of rotatable bonds is 4. The van der Waals surface area contributed by atoms with Crippen molar-refractivity contribution < 1.29 is 34.8 Å². The molecule has 0 aromatic heterocycles. The number of aliphatic carboxylic acids is 2. The van der Waals surface area contributed by atoms with Crippen LogP contribution in [0.2, 0.25) is 0 Å². The molecule has 0 aliphatic rings. The molecule has 0 aliphatic carbocycles. The van der Waals surface area contributed by atoms with Gasteiger partial charge in [-0.1, -0.05) is 0 Å². The van der Waals surface area contributed by atoms with Gasteiger partial charge in [0.25, 0.3) is 0 Å². The van der Waals surface area contributed by atoms with Crippen LogP contribution in [0.25, 0.3) is 0 Å². The normalized spacial score (nSPS) is 10.6. The summed E-state index contributed by atoms with van der Waals surface area (Å²) in [6.45, 7) is 0. The highest BCUT2D eigenvalue weighted by Gasteiger charge is 2.12. The molecule has 0 aliphatic heterocycles. The topological polar surface area (TPSA) is 158 Å². The molecule has 6 N–H and O–H groups in total. The van der Waals surface area contributed by atoms with Gasteiger partial charge in [-0.3, -0.25) is 9.59 Å². The second-order valence-electron chi connectivity index (χ2n) is 2.16. The smallest absolute Gasteiger partial charge is 0.481 e. The molecule has 0 spiro atoms.